The van der Waals surface area contributed by atoms with Gasteiger partial charge in [-0.3, -0.25) is 9.89 Å². The molecule has 0 unspecified atom stereocenters. The van der Waals surface area contributed by atoms with Crippen molar-refractivity contribution in [3.63, 3.8) is 0 Å². The van der Waals surface area contributed by atoms with Crippen LogP contribution < -0.4 is 5.32 Å². The fraction of sp³-hybridized carbons (Fsp3) is 0.389. The molecule has 24 heavy (non-hydrogen) atoms. The molecule has 1 amide bonds. The van der Waals surface area contributed by atoms with Gasteiger partial charge in [0, 0.05) is 24.0 Å². The number of aryl methyl sites for hydroxylation is 3. The summed E-state index contributed by atoms with van der Waals surface area (Å²) in [5.41, 5.74) is 4.43. The lowest BCUT2D eigenvalue weighted by molar-refractivity contribution is 0.0954. The first-order valence-electron chi connectivity index (χ1n) is 8.58. The summed E-state index contributed by atoms with van der Waals surface area (Å²) in [4.78, 5) is 20.1. The molecule has 0 atom stereocenters. The number of para-hydroxylation sites is 1. The Bertz CT molecular complexity index is 850. The second kappa shape index (κ2) is 6.47. The highest BCUT2D eigenvalue weighted by Gasteiger charge is 2.19. The molecule has 1 aliphatic carbocycles. The van der Waals surface area contributed by atoms with Crippen molar-refractivity contribution >= 4 is 16.8 Å². The van der Waals surface area contributed by atoms with Gasteiger partial charge in [0.1, 0.15) is 12.2 Å². The zero-order chi connectivity index (χ0) is 16.4. The Morgan fingerprint density at radius 1 is 1.25 bits per heavy atom. The van der Waals surface area contributed by atoms with E-state index in [4.69, 9.17) is 0 Å². The van der Waals surface area contributed by atoms with Crippen LogP contribution in [0.1, 0.15) is 46.7 Å². The molecule has 0 spiro atoms. The van der Waals surface area contributed by atoms with Crippen molar-refractivity contribution in [1.82, 2.24) is 25.5 Å². The normalized spacial score (nSPS) is 13.8. The molecule has 0 radical (unpaired) electrons. The van der Waals surface area contributed by atoms with Crippen LogP contribution in [0, 0.1) is 0 Å². The third-order valence-electron chi connectivity index (χ3n) is 4.72. The molecular weight excluding hydrogens is 302 g/mol. The van der Waals surface area contributed by atoms with Crippen molar-refractivity contribution in [3.8, 4) is 0 Å². The number of fused-ring (bicyclic) bond motifs is 3. The lowest BCUT2D eigenvalue weighted by Crippen LogP contribution is -2.25. The third-order valence-corrected chi connectivity index (χ3v) is 4.72. The van der Waals surface area contributed by atoms with E-state index in [1.807, 2.05) is 12.1 Å². The Hall–Kier alpha value is -2.63. The van der Waals surface area contributed by atoms with Gasteiger partial charge in [-0.05, 0) is 43.7 Å². The molecule has 1 aromatic carbocycles. The van der Waals surface area contributed by atoms with Gasteiger partial charge in [-0.1, -0.05) is 12.1 Å². The smallest absolute Gasteiger partial charge is 0.253 e. The monoisotopic (exact) mass is 323 g/mol. The van der Waals surface area contributed by atoms with Crippen molar-refractivity contribution in [3.05, 3.63) is 47.2 Å². The zero-order valence-electron chi connectivity index (χ0n) is 13.6. The Balaban J connectivity index is 1.47. The van der Waals surface area contributed by atoms with Crippen LogP contribution in [-0.4, -0.2) is 32.6 Å². The van der Waals surface area contributed by atoms with E-state index in [0.29, 0.717) is 6.54 Å². The number of hydrogen-bond donors (Lipinski definition) is 3. The Kier molecular flexibility index (Phi) is 4.02. The van der Waals surface area contributed by atoms with E-state index in [2.05, 4.69) is 31.5 Å². The quantitative estimate of drug-likeness (QED) is 0.631. The molecule has 1 aliphatic rings. The maximum atomic E-state index is 12.6. The zero-order valence-corrected chi connectivity index (χ0v) is 13.6. The maximum absolute atomic E-state index is 12.6. The molecular formula is C18H21N5O. The van der Waals surface area contributed by atoms with Gasteiger partial charge in [0.2, 0.25) is 0 Å². The minimum atomic E-state index is -0.0169. The lowest BCUT2D eigenvalue weighted by Gasteiger charge is -2.10. The fourth-order valence-electron chi connectivity index (χ4n) is 3.52. The first kappa shape index (κ1) is 14.9. The van der Waals surface area contributed by atoms with E-state index < -0.39 is 0 Å². The molecule has 4 rings (SSSR count). The number of rotatable bonds is 5. The number of nitrogens with zero attached hydrogens (tertiary/aromatic N) is 2. The van der Waals surface area contributed by atoms with E-state index >= 15 is 0 Å². The molecule has 0 aliphatic heterocycles. The van der Waals surface area contributed by atoms with Crippen LogP contribution in [0.4, 0.5) is 0 Å². The van der Waals surface area contributed by atoms with Crippen molar-refractivity contribution in [2.75, 3.05) is 6.54 Å². The highest BCUT2D eigenvalue weighted by atomic mass is 16.1. The van der Waals surface area contributed by atoms with Gasteiger partial charge in [-0.25, -0.2) is 4.98 Å². The van der Waals surface area contributed by atoms with Crippen LogP contribution in [-0.2, 0) is 19.3 Å². The number of benzene rings is 1. The maximum Gasteiger partial charge on any atom is 0.253 e. The number of H-pyrrole nitrogens is 2. The van der Waals surface area contributed by atoms with Gasteiger partial charge in [0.15, 0.2) is 0 Å². The third kappa shape index (κ3) is 2.79. The SMILES string of the molecule is O=C(NCCCc1ncn[nH]1)c1cccc2c3c([nH]c12)CCCC3. The number of aromatic nitrogens is 4. The predicted molar refractivity (Wildman–Crippen MR) is 92.0 cm³/mol. The minimum absolute atomic E-state index is 0.0169. The van der Waals surface area contributed by atoms with E-state index in [0.717, 1.165) is 42.6 Å². The molecule has 0 saturated heterocycles. The number of carbonyl (C=O) groups is 1. The summed E-state index contributed by atoms with van der Waals surface area (Å²) in [7, 11) is 0. The molecule has 6 heteroatoms. The second-order valence-electron chi connectivity index (χ2n) is 6.31. The van der Waals surface area contributed by atoms with E-state index in [9.17, 15) is 4.79 Å². The predicted octanol–water partition coefficient (Wildman–Crippen LogP) is 2.53. The van der Waals surface area contributed by atoms with Crippen LogP contribution in [0.5, 0.6) is 0 Å². The summed E-state index contributed by atoms with van der Waals surface area (Å²) >= 11 is 0. The largest absolute Gasteiger partial charge is 0.358 e. The molecule has 0 saturated carbocycles. The van der Waals surface area contributed by atoms with E-state index in [1.165, 1.54) is 35.8 Å². The highest BCUT2D eigenvalue weighted by Crippen LogP contribution is 2.30. The number of nitrogens with one attached hydrogen (secondary N) is 3. The standard InChI is InChI=1S/C18H21N5O/c24-18(19-10-4-9-16-20-11-21-23-16)14-7-3-6-13-12-5-1-2-8-15(12)22-17(13)14/h3,6-7,11,22H,1-2,4-5,8-10H2,(H,19,24)(H,20,21,23). The minimum Gasteiger partial charge on any atom is -0.358 e. The fourth-order valence-corrected chi connectivity index (χ4v) is 3.52. The molecule has 0 bridgehead atoms. The van der Waals surface area contributed by atoms with Gasteiger partial charge in [0.25, 0.3) is 5.91 Å². The number of hydrogen-bond acceptors (Lipinski definition) is 3. The molecule has 3 N–H and O–H groups in total. The lowest BCUT2D eigenvalue weighted by atomic mass is 9.95. The van der Waals surface area contributed by atoms with Crippen LogP contribution in [0.3, 0.4) is 0 Å². The summed E-state index contributed by atoms with van der Waals surface area (Å²) in [5.74, 6) is 0.833. The second-order valence-corrected chi connectivity index (χ2v) is 6.31. The Morgan fingerprint density at radius 3 is 3.04 bits per heavy atom. The average molecular weight is 323 g/mol. The highest BCUT2D eigenvalue weighted by molar-refractivity contribution is 6.06. The van der Waals surface area contributed by atoms with Gasteiger partial charge in [-0.2, -0.15) is 5.10 Å². The molecule has 2 heterocycles. The Labute approximate surface area is 140 Å². The summed E-state index contributed by atoms with van der Waals surface area (Å²) < 4.78 is 0. The summed E-state index contributed by atoms with van der Waals surface area (Å²) in [6.07, 6.45) is 7.77. The molecule has 124 valence electrons. The Morgan fingerprint density at radius 2 is 2.17 bits per heavy atom. The number of carbonyl (C=O) groups excluding carboxylic acids is 1. The van der Waals surface area contributed by atoms with Gasteiger partial charge in [0.05, 0.1) is 11.1 Å². The van der Waals surface area contributed by atoms with Crippen molar-refractivity contribution in [2.45, 2.75) is 38.5 Å². The van der Waals surface area contributed by atoms with Crippen LogP contribution in [0.25, 0.3) is 10.9 Å². The first-order chi connectivity index (χ1) is 11.8. The van der Waals surface area contributed by atoms with Gasteiger partial charge >= 0.3 is 0 Å². The molecule has 3 aromatic rings. The molecule has 0 fully saturated rings. The van der Waals surface area contributed by atoms with Gasteiger partial charge in [-0.15, -0.1) is 0 Å². The van der Waals surface area contributed by atoms with Gasteiger partial charge < -0.3 is 10.3 Å². The summed E-state index contributed by atoms with van der Waals surface area (Å²) in [6.45, 7) is 0.621. The van der Waals surface area contributed by atoms with Crippen LogP contribution in [0.15, 0.2) is 24.5 Å². The number of aromatic amines is 2. The molecule has 6 nitrogen and oxygen atoms in total. The van der Waals surface area contributed by atoms with E-state index in [-0.39, 0.29) is 5.91 Å². The van der Waals surface area contributed by atoms with Crippen LogP contribution >= 0.6 is 0 Å². The molecule has 2 aromatic heterocycles. The van der Waals surface area contributed by atoms with E-state index in [1.54, 1.807) is 0 Å². The summed E-state index contributed by atoms with van der Waals surface area (Å²) in [5, 5.41) is 10.9. The van der Waals surface area contributed by atoms with Crippen molar-refractivity contribution in [1.29, 1.82) is 0 Å². The van der Waals surface area contributed by atoms with Crippen molar-refractivity contribution < 1.29 is 4.79 Å². The summed E-state index contributed by atoms with van der Waals surface area (Å²) in [6, 6.07) is 6.00. The average Bonchev–Trinajstić information content (AvgIpc) is 3.25. The van der Waals surface area contributed by atoms with Crippen molar-refractivity contribution in [2.24, 2.45) is 0 Å². The number of amides is 1. The topological polar surface area (TPSA) is 86.5 Å². The first-order valence-corrected chi connectivity index (χ1v) is 8.58. The van der Waals surface area contributed by atoms with Crippen LogP contribution in [0.2, 0.25) is 0 Å².